The molecule has 5 nitrogen and oxygen atoms in total. The summed E-state index contributed by atoms with van der Waals surface area (Å²) in [6.07, 6.45) is 0.814. The Labute approximate surface area is 124 Å². The normalized spacial score (nSPS) is 31.5. The summed E-state index contributed by atoms with van der Waals surface area (Å²) in [6.45, 7) is 2.82. The lowest BCUT2D eigenvalue weighted by molar-refractivity contribution is -0.123. The van der Waals surface area contributed by atoms with Crippen LogP contribution in [0.2, 0.25) is 0 Å². The van der Waals surface area contributed by atoms with Crippen molar-refractivity contribution >= 4 is 5.91 Å². The molecule has 0 unspecified atom stereocenters. The predicted octanol–water partition coefficient (Wildman–Crippen LogP) is 1.68. The second kappa shape index (κ2) is 6.03. The van der Waals surface area contributed by atoms with Crippen LogP contribution in [0.15, 0.2) is 24.3 Å². The molecule has 5 heteroatoms. The van der Waals surface area contributed by atoms with Crippen molar-refractivity contribution in [2.75, 3.05) is 20.3 Å². The van der Waals surface area contributed by atoms with Crippen molar-refractivity contribution < 1.29 is 19.0 Å². The van der Waals surface area contributed by atoms with Crippen molar-refractivity contribution in [2.24, 2.45) is 5.92 Å². The molecule has 0 saturated carbocycles. The molecular weight excluding hydrogens is 270 g/mol. The van der Waals surface area contributed by atoms with Gasteiger partial charge in [-0.1, -0.05) is 12.1 Å². The molecule has 4 atom stereocenters. The smallest absolute Gasteiger partial charge is 0.217 e. The van der Waals surface area contributed by atoms with Gasteiger partial charge in [0.25, 0.3) is 0 Å². The van der Waals surface area contributed by atoms with Crippen molar-refractivity contribution in [1.29, 1.82) is 0 Å². The van der Waals surface area contributed by atoms with E-state index < -0.39 is 0 Å². The number of carbonyl (C=O) groups is 1. The number of benzene rings is 1. The Morgan fingerprint density at radius 1 is 1.29 bits per heavy atom. The number of amides is 1. The summed E-state index contributed by atoms with van der Waals surface area (Å²) in [6, 6.07) is 8.01. The highest BCUT2D eigenvalue weighted by Gasteiger charge is 2.43. The summed E-state index contributed by atoms with van der Waals surface area (Å²) >= 11 is 0. The zero-order chi connectivity index (χ0) is 14.8. The minimum atomic E-state index is -0.0179. The van der Waals surface area contributed by atoms with Gasteiger partial charge in [0.1, 0.15) is 5.75 Å². The minimum Gasteiger partial charge on any atom is -0.497 e. The summed E-state index contributed by atoms with van der Waals surface area (Å²) in [7, 11) is 1.65. The van der Waals surface area contributed by atoms with Crippen LogP contribution in [0.3, 0.4) is 0 Å². The van der Waals surface area contributed by atoms with Crippen LogP contribution in [-0.2, 0) is 14.3 Å². The number of fused-ring (bicyclic) bond motifs is 1. The van der Waals surface area contributed by atoms with Gasteiger partial charge < -0.3 is 19.5 Å². The average molecular weight is 291 g/mol. The second-order valence-electron chi connectivity index (χ2n) is 5.68. The Balaban J connectivity index is 1.77. The number of rotatable bonds is 3. The third kappa shape index (κ3) is 3.04. The Morgan fingerprint density at radius 2 is 2.05 bits per heavy atom. The van der Waals surface area contributed by atoms with E-state index in [0.717, 1.165) is 17.7 Å². The molecule has 21 heavy (non-hydrogen) atoms. The van der Waals surface area contributed by atoms with Gasteiger partial charge in [-0.3, -0.25) is 4.79 Å². The molecule has 0 aromatic heterocycles. The van der Waals surface area contributed by atoms with E-state index in [0.29, 0.717) is 13.2 Å². The fourth-order valence-corrected chi connectivity index (χ4v) is 3.20. The molecule has 0 radical (unpaired) electrons. The quantitative estimate of drug-likeness (QED) is 0.920. The summed E-state index contributed by atoms with van der Waals surface area (Å²) in [5.41, 5.74) is 1.11. The third-order valence-corrected chi connectivity index (χ3v) is 4.27. The first kappa shape index (κ1) is 14.4. The zero-order valence-corrected chi connectivity index (χ0v) is 12.4. The van der Waals surface area contributed by atoms with Gasteiger partial charge in [-0.2, -0.15) is 0 Å². The molecule has 2 aliphatic heterocycles. The lowest BCUT2D eigenvalue weighted by Gasteiger charge is -2.38. The SMILES string of the molecule is COc1ccc([C@H]2C[C@@H](NC(C)=O)[C@@H]3COC[C@H]3O2)cc1. The monoisotopic (exact) mass is 291 g/mol. The van der Waals surface area contributed by atoms with Gasteiger partial charge in [-0.05, 0) is 24.1 Å². The molecule has 3 rings (SSSR count). The first-order valence-electron chi connectivity index (χ1n) is 7.31. The third-order valence-electron chi connectivity index (χ3n) is 4.27. The van der Waals surface area contributed by atoms with Crippen LogP contribution in [-0.4, -0.2) is 38.4 Å². The van der Waals surface area contributed by atoms with Crippen LogP contribution < -0.4 is 10.1 Å². The number of hydrogen-bond donors (Lipinski definition) is 1. The van der Waals surface area contributed by atoms with Gasteiger partial charge in [0.2, 0.25) is 5.91 Å². The maximum atomic E-state index is 11.4. The van der Waals surface area contributed by atoms with E-state index in [-0.39, 0.29) is 30.1 Å². The minimum absolute atomic E-state index is 0.000955. The van der Waals surface area contributed by atoms with Gasteiger partial charge in [0.15, 0.2) is 0 Å². The lowest BCUT2D eigenvalue weighted by atomic mass is 9.86. The van der Waals surface area contributed by atoms with E-state index in [4.69, 9.17) is 14.2 Å². The standard InChI is InChI=1S/C16H21NO4/c1-10(18)17-14-7-15(21-16-9-20-8-13(14)16)11-3-5-12(19-2)6-4-11/h3-6,13-16H,7-9H2,1-2H3,(H,17,18)/t13-,14+,15+,16+/m0/s1. The summed E-state index contributed by atoms with van der Waals surface area (Å²) in [5.74, 6) is 1.08. The number of carbonyl (C=O) groups excluding carboxylic acids is 1. The summed E-state index contributed by atoms with van der Waals surface area (Å²) < 4.78 is 16.9. The van der Waals surface area contributed by atoms with E-state index in [1.807, 2.05) is 24.3 Å². The predicted molar refractivity (Wildman–Crippen MR) is 77.1 cm³/mol. The van der Waals surface area contributed by atoms with Crippen LogP contribution >= 0.6 is 0 Å². The van der Waals surface area contributed by atoms with Gasteiger partial charge in [0, 0.05) is 18.9 Å². The number of methoxy groups -OCH3 is 1. The van der Waals surface area contributed by atoms with E-state index in [1.165, 1.54) is 0 Å². The van der Waals surface area contributed by atoms with Crippen LogP contribution in [0.25, 0.3) is 0 Å². The summed E-state index contributed by atoms with van der Waals surface area (Å²) in [4.78, 5) is 11.4. The van der Waals surface area contributed by atoms with Crippen molar-refractivity contribution in [2.45, 2.75) is 31.6 Å². The second-order valence-corrected chi connectivity index (χ2v) is 5.68. The van der Waals surface area contributed by atoms with Crippen LogP contribution in [0.4, 0.5) is 0 Å². The average Bonchev–Trinajstić information content (AvgIpc) is 2.95. The van der Waals surface area contributed by atoms with E-state index in [2.05, 4.69) is 5.32 Å². The Morgan fingerprint density at radius 3 is 2.71 bits per heavy atom. The fourth-order valence-electron chi connectivity index (χ4n) is 3.20. The lowest BCUT2D eigenvalue weighted by Crippen LogP contribution is -2.49. The fraction of sp³-hybridized carbons (Fsp3) is 0.562. The molecule has 0 spiro atoms. The molecule has 0 aliphatic carbocycles. The van der Waals surface area contributed by atoms with E-state index >= 15 is 0 Å². The zero-order valence-electron chi connectivity index (χ0n) is 12.4. The molecule has 2 saturated heterocycles. The van der Waals surface area contributed by atoms with Crippen LogP contribution in [0.1, 0.15) is 25.0 Å². The number of ether oxygens (including phenoxy) is 3. The van der Waals surface area contributed by atoms with Crippen molar-refractivity contribution in [3.8, 4) is 5.75 Å². The number of hydrogen-bond acceptors (Lipinski definition) is 4. The highest BCUT2D eigenvalue weighted by molar-refractivity contribution is 5.73. The van der Waals surface area contributed by atoms with Gasteiger partial charge in [-0.25, -0.2) is 0 Å². The molecule has 2 fully saturated rings. The largest absolute Gasteiger partial charge is 0.497 e. The van der Waals surface area contributed by atoms with Crippen molar-refractivity contribution in [1.82, 2.24) is 5.32 Å². The topological polar surface area (TPSA) is 56.8 Å². The molecule has 0 bridgehead atoms. The van der Waals surface area contributed by atoms with Gasteiger partial charge in [0.05, 0.1) is 32.5 Å². The van der Waals surface area contributed by atoms with Crippen LogP contribution in [0.5, 0.6) is 5.75 Å². The van der Waals surface area contributed by atoms with E-state index in [9.17, 15) is 4.79 Å². The maximum absolute atomic E-state index is 11.4. The first-order chi connectivity index (χ1) is 10.2. The maximum Gasteiger partial charge on any atom is 0.217 e. The van der Waals surface area contributed by atoms with E-state index in [1.54, 1.807) is 14.0 Å². The molecule has 1 aromatic rings. The van der Waals surface area contributed by atoms with Crippen molar-refractivity contribution in [3.05, 3.63) is 29.8 Å². The highest BCUT2D eigenvalue weighted by Crippen LogP contribution is 2.38. The van der Waals surface area contributed by atoms with Gasteiger partial charge >= 0.3 is 0 Å². The molecular formula is C16H21NO4. The molecule has 1 amide bonds. The molecule has 114 valence electrons. The molecule has 2 heterocycles. The molecule has 1 aromatic carbocycles. The first-order valence-corrected chi connectivity index (χ1v) is 7.31. The molecule has 1 N–H and O–H groups in total. The Kier molecular flexibility index (Phi) is 4.12. The number of nitrogens with one attached hydrogen (secondary N) is 1. The Bertz CT molecular complexity index is 502. The highest BCUT2D eigenvalue weighted by atomic mass is 16.6. The van der Waals surface area contributed by atoms with Gasteiger partial charge in [-0.15, -0.1) is 0 Å². The van der Waals surface area contributed by atoms with Crippen molar-refractivity contribution in [3.63, 3.8) is 0 Å². The molecule has 2 aliphatic rings. The van der Waals surface area contributed by atoms with Crippen LogP contribution in [0, 0.1) is 5.92 Å². The summed E-state index contributed by atoms with van der Waals surface area (Å²) in [5, 5.41) is 3.05. The Hall–Kier alpha value is -1.59.